The third-order valence-corrected chi connectivity index (χ3v) is 6.89. The van der Waals surface area contributed by atoms with Crippen LogP contribution in [0.3, 0.4) is 0 Å². The van der Waals surface area contributed by atoms with Crippen LogP contribution in [0, 0.1) is 5.92 Å². The van der Waals surface area contributed by atoms with Gasteiger partial charge in [-0.05, 0) is 65.4 Å². The molecule has 1 saturated heterocycles. The number of hydrogen-bond donors (Lipinski definition) is 2. The van der Waals surface area contributed by atoms with E-state index in [4.69, 9.17) is 4.74 Å². The van der Waals surface area contributed by atoms with Crippen molar-refractivity contribution in [3.8, 4) is 0 Å². The second kappa shape index (κ2) is 7.80. The number of likely N-dealkylation sites (tertiary alicyclic amines) is 1. The van der Waals surface area contributed by atoms with Gasteiger partial charge in [0.05, 0.1) is 12.1 Å². The molecule has 2 amide bonds. The molecule has 3 aliphatic rings. The molecule has 6 nitrogen and oxygen atoms in total. The van der Waals surface area contributed by atoms with Gasteiger partial charge in [-0.2, -0.15) is 11.3 Å². The van der Waals surface area contributed by atoms with Crippen molar-refractivity contribution < 1.29 is 14.3 Å². The smallest absolute Gasteiger partial charge is 0.410 e. The average molecular weight is 424 g/mol. The van der Waals surface area contributed by atoms with Gasteiger partial charge in [-0.15, -0.1) is 0 Å². The molecule has 7 heteroatoms. The first-order chi connectivity index (χ1) is 14.7. The summed E-state index contributed by atoms with van der Waals surface area (Å²) in [4.78, 5) is 27.2. The Labute approximate surface area is 179 Å². The van der Waals surface area contributed by atoms with E-state index < -0.39 is 0 Å². The number of carbonyl (C=O) groups is 2. The van der Waals surface area contributed by atoms with E-state index in [0.29, 0.717) is 18.2 Å². The summed E-state index contributed by atoms with van der Waals surface area (Å²) in [5.74, 6) is 0.167. The van der Waals surface area contributed by atoms with E-state index in [2.05, 4.69) is 34.0 Å². The maximum Gasteiger partial charge on any atom is 0.410 e. The molecule has 0 spiro atoms. The minimum absolute atomic E-state index is 0.0458. The molecule has 156 valence electrons. The average Bonchev–Trinajstić information content (AvgIpc) is 3.23. The Morgan fingerprint density at radius 2 is 2.17 bits per heavy atom. The van der Waals surface area contributed by atoms with Crippen molar-refractivity contribution in [3.05, 3.63) is 64.4 Å². The van der Waals surface area contributed by atoms with E-state index >= 15 is 0 Å². The van der Waals surface area contributed by atoms with Crippen LogP contribution < -0.4 is 10.6 Å². The molecule has 1 aliphatic carbocycles. The molecular formula is C23H25N3O3S. The summed E-state index contributed by atoms with van der Waals surface area (Å²) >= 11 is 1.68. The molecule has 1 aromatic carbocycles. The van der Waals surface area contributed by atoms with Crippen LogP contribution in [0.1, 0.15) is 52.8 Å². The highest BCUT2D eigenvalue weighted by atomic mass is 32.1. The van der Waals surface area contributed by atoms with E-state index in [1.165, 1.54) is 5.56 Å². The predicted octanol–water partition coefficient (Wildman–Crippen LogP) is 4.49. The van der Waals surface area contributed by atoms with Crippen molar-refractivity contribution in [3.63, 3.8) is 0 Å². The molecule has 2 fully saturated rings. The number of rotatable bonds is 5. The predicted molar refractivity (Wildman–Crippen MR) is 117 cm³/mol. The minimum atomic E-state index is -0.327. The Morgan fingerprint density at radius 3 is 2.90 bits per heavy atom. The Kier molecular flexibility index (Phi) is 4.98. The largest absolute Gasteiger partial charge is 0.445 e. The van der Waals surface area contributed by atoms with E-state index in [0.717, 1.165) is 30.5 Å². The molecule has 0 bridgehead atoms. The summed E-state index contributed by atoms with van der Waals surface area (Å²) in [6, 6.07) is 8.22. The van der Waals surface area contributed by atoms with Gasteiger partial charge in [-0.25, -0.2) is 4.79 Å². The maximum atomic E-state index is 12.8. The first-order valence-electron chi connectivity index (χ1n) is 10.4. The van der Waals surface area contributed by atoms with Crippen LogP contribution >= 0.6 is 11.3 Å². The Hall–Kier alpha value is -2.80. The topological polar surface area (TPSA) is 70.7 Å². The zero-order valence-electron chi connectivity index (χ0n) is 16.7. The zero-order chi connectivity index (χ0) is 20.7. The number of amides is 2. The third-order valence-electron chi connectivity index (χ3n) is 6.19. The molecule has 30 heavy (non-hydrogen) atoms. The highest BCUT2D eigenvalue weighted by Crippen LogP contribution is 2.51. The van der Waals surface area contributed by atoms with Gasteiger partial charge in [0.1, 0.15) is 6.61 Å². The fraction of sp³-hybridized carbons (Fsp3) is 0.391. The van der Waals surface area contributed by atoms with Crippen molar-refractivity contribution in [1.29, 1.82) is 0 Å². The fourth-order valence-electron chi connectivity index (χ4n) is 4.62. The standard InChI is InChI=1S/C23H25N3O3S/c1-2-10-29-23(28)26-9-7-17-20(15-8-11-30-13-15)25-19-6-3-14(12-18(19)21(17)26)22(27)24-16-4-5-16/h2-3,6,8,11-13,16-17,20-21,25H,1,4-5,7,9-10H2,(H,24,27). The van der Waals surface area contributed by atoms with Crippen molar-refractivity contribution in [2.45, 2.75) is 37.4 Å². The number of anilines is 1. The van der Waals surface area contributed by atoms with E-state index in [1.54, 1.807) is 17.4 Å². The lowest BCUT2D eigenvalue weighted by atomic mass is 9.80. The summed E-state index contributed by atoms with van der Waals surface area (Å²) < 4.78 is 5.37. The lowest BCUT2D eigenvalue weighted by Gasteiger charge is -2.39. The molecule has 2 N–H and O–H groups in total. The molecule has 3 heterocycles. The number of hydrogen-bond acceptors (Lipinski definition) is 5. The monoisotopic (exact) mass is 423 g/mol. The SMILES string of the molecule is C=CCOC(=O)N1CCC2C(c3ccsc3)Nc3ccc(C(=O)NC4CC4)cc3C21. The number of nitrogens with zero attached hydrogens (tertiary/aromatic N) is 1. The quantitative estimate of drug-likeness (QED) is 0.695. The highest BCUT2D eigenvalue weighted by Gasteiger charge is 2.47. The van der Waals surface area contributed by atoms with Crippen LogP contribution in [0.25, 0.3) is 0 Å². The summed E-state index contributed by atoms with van der Waals surface area (Å²) in [5.41, 5.74) is 3.83. The number of ether oxygens (including phenoxy) is 1. The van der Waals surface area contributed by atoms with E-state index in [1.807, 2.05) is 23.1 Å². The molecule has 3 atom stereocenters. The second-order valence-electron chi connectivity index (χ2n) is 8.18. The van der Waals surface area contributed by atoms with Gasteiger partial charge < -0.3 is 20.3 Å². The Bertz CT molecular complexity index is 970. The summed E-state index contributed by atoms with van der Waals surface area (Å²) in [6.07, 6.45) is 4.23. The van der Waals surface area contributed by atoms with Crippen LogP contribution in [0.5, 0.6) is 0 Å². The number of thiophene rings is 1. The van der Waals surface area contributed by atoms with Crippen molar-refractivity contribution in [2.24, 2.45) is 5.92 Å². The molecule has 2 aliphatic heterocycles. The fourth-order valence-corrected chi connectivity index (χ4v) is 5.31. The second-order valence-corrected chi connectivity index (χ2v) is 8.96. The Balaban J connectivity index is 1.51. The lowest BCUT2D eigenvalue weighted by Crippen LogP contribution is -2.38. The number of nitrogens with one attached hydrogen (secondary N) is 2. The van der Waals surface area contributed by atoms with Crippen LogP contribution in [-0.2, 0) is 4.74 Å². The van der Waals surface area contributed by atoms with Crippen LogP contribution in [0.15, 0.2) is 47.7 Å². The third kappa shape index (κ3) is 3.47. The molecule has 1 aromatic heterocycles. The van der Waals surface area contributed by atoms with Gasteiger partial charge in [-0.1, -0.05) is 12.7 Å². The molecule has 3 unspecified atom stereocenters. The van der Waals surface area contributed by atoms with Gasteiger partial charge in [0, 0.05) is 29.8 Å². The van der Waals surface area contributed by atoms with Gasteiger partial charge in [-0.3, -0.25) is 4.79 Å². The van der Waals surface area contributed by atoms with Crippen molar-refractivity contribution in [2.75, 3.05) is 18.5 Å². The molecule has 1 saturated carbocycles. The first kappa shape index (κ1) is 19.2. The van der Waals surface area contributed by atoms with E-state index in [9.17, 15) is 9.59 Å². The molecule has 5 rings (SSSR count). The number of carbonyl (C=O) groups excluding carboxylic acids is 2. The number of benzene rings is 1. The normalized spacial score (nSPS) is 24.4. The number of fused-ring (bicyclic) bond motifs is 3. The summed E-state index contributed by atoms with van der Waals surface area (Å²) in [5, 5.41) is 11.0. The molecular weight excluding hydrogens is 398 g/mol. The summed E-state index contributed by atoms with van der Waals surface area (Å²) in [7, 11) is 0. The van der Waals surface area contributed by atoms with Gasteiger partial charge in [0.15, 0.2) is 0 Å². The van der Waals surface area contributed by atoms with Crippen molar-refractivity contribution in [1.82, 2.24) is 10.2 Å². The first-order valence-corrected chi connectivity index (χ1v) is 11.4. The van der Waals surface area contributed by atoms with Crippen molar-refractivity contribution >= 4 is 29.0 Å². The summed E-state index contributed by atoms with van der Waals surface area (Å²) in [6.45, 7) is 4.45. The maximum absolute atomic E-state index is 12.8. The highest BCUT2D eigenvalue weighted by molar-refractivity contribution is 7.08. The minimum Gasteiger partial charge on any atom is -0.445 e. The van der Waals surface area contributed by atoms with E-state index in [-0.39, 0.29) is 36.6 Å². The van der Waals surface area contributed by atoms with Gasteiger partial charge in [0.2, 0.25) is 0 Å². The van der Waals surface area contributed by atoms with Crippen LogP contribution in [-0.4, -0.2) is 36.1 Å². The Morgan fingerprint density at radius 1 is 1.30 bits per heavy atom. The molecule has 0 radical (unpaired) electrons. The zero-order valence-corrected chi connectivity index (χ0v) is 17.5. The van der Waals surface area contributed by atoms with Gasteiger partial charge >= 0.3 is 6.09 Å². The molecule has 2 aromatic rings. The van der Waals surface area contributed by atoms with Crippen LogP contribution in [0.4, 0.5) is 10.5 Å². The lowest BCUT2D eigenvalue weighted by molar-refractivity contribution is 0.0950. The van der Waals surface area contributed by atoms with Gasteiger partial charge in [0.25, 0.3) is 5.91 Å². The van der Waals surface area contributed by atoms with Crippen LogP contribution in [0.2, 0.25) is 0 Å².